The number of carbonyl (C=O) groups excluding carboxylic acids is 2. The number of nitrogens with zero attached hydrogens (tertiary/aromatic N) is 3. The Morgan fingerprint density at radius 3 is 2.65 bits per heavy atom. The van der Waals surface area contributed by atoms with E-state index in [0.29, 0.717) is 12.2 Å². The number of amides is 1. The van der Waals surface area contributed by atoms with E-state index in [1.54, 1.807) is 17.8 Å². The SMILES string of the molecule is CCOC(=O)c1nn(-c2cccc(Br)c2)cc1N(CC)C(C)=O. The normalized spacial score (nSPS) is 10.4. The molecule has 0 atom stereocenters. The van der Waals surface area contributed by atoms with Gasteiger partial charge in [0.15, 0.2) is 5.69 Å². The maximum absolute atomic E-state index is 12.2. The van der Waals surface area contributed by atoms with Crippen LogP contribution in [-0.4, -0.2) is 34.8 Å². The Labute approximate surface area is 143 Å². The second kappa shape index (κ2) is 7.41. The molecule has 0 fully saturated rings. The molecule has 2 aromatic rings. The molecule has 1 heterocycles. The molecule has 1 aromatic carbocycles. The average Bonchev–Trinajstić information content (AvgIpc) is 2.93. The number of hydrogen-bond acceptors (Lipinski definition) is 4. The molecule has 0 saturated heterocycles. The molecule has 6 nitrogen and oxygen atoms in total. The number of ether oxygens (including phenoxy) is 1. The van der Waals surface area contributed by atoms with Gasteiger partial charge in [-0.1, -0.05) is 22.0 Å². The van der Waals surface area contributed by atoms with Gasteiger partial charge < -0.3 is 9.64 Å². The van der Waals surface area contributed by atoms with Gasteiger partial charge in [-0.3, -0.25) is 4.79 Å². The number of hydrogen-bond donors (Lipinski definition) is 0. The van der Waals surface area contributed by atoms with Gasteiger partial charge in [0.1, 0.15) is 0 Å². The summed E-state index contributed by atoms with van der Waals surface area (Å²) in [7, 11) is 0. The van der Waals surface area contributed by atoms with Crippen LogP contribution in [0.25, 0.3) is 5.69 Å². The highest BCUT2D eigenvalue weighted by atomic mass is 79.9. The van der Waals surface area contributed by atoms with E-state index in [-0.39, 0.29) is 18.2 Å². The predicted molar refractivity (Wildman–Crippen MR) is 90.9 cm³/mol. The van der Waals surface area contributed by atoms with Gasteiger partial charge in [-0.2, -0.15) is 5.10 Å². The first-order valence-electron chi connectivity index (χ1n) is 7.28. The Morgan fingerprint density at radius 1 is 1.35 bits per heavy atom. The molecule has 7 heteroatoms. The van der Waals surface area contributed by atoms with Gasteiger partial charge in [0, 0.05) is 17.9 Å². The van der Waals surface area contributed by atoms with Crippen LogP contribution in [0.5, 0.6) is 0 Å². The van der Waals surface area contributed by atoms with Crippen molar-refractivity contribution in [2.45, 2.75) is 20.8 Å². The third-order valence-corrected chi connectivity index (χ3v) is 3.72. The zero-order valence-electron chi connectivity index (χ0n) is 13.2. The van der Waals surface area contributed by atoms with Crippen LogP contribution in [-0.2, 0) is 9.53 Å². The Kier molecular flexibility index (Phi) is 5.54. The van der Waals surface area contributed by atoms with E-state index < -0.39 is 5.97 Å². The summed E-state index contributed by atoms with van der Waals surface area (Å²) < 4.78 is 7.51. The Bertz CT molecular complexity index is 727. The van der Waals surface area contributed by atoms with Gasteiger partial charge in [0.25, 0.3) is 0 Å². The van der Waals surface area contributed by atoms with E-state index in [2.05, 4.69) is 21.0 Å². The largest absolute Gasteiger partial charge is 0.461 e. The van der Waals surface area contributed by atoms with Gasteiger partial charge in [0.2, 0.25) is 5.91 Å². The number of anilines is 1. The van der Waals surface area contributed by atoms with Crippen LogP contribution >= 0.6 is 15.9 Å². The zero-order valence-corrected chi connectivity index (χ0v) is 14.8. The smallest absolute Gasteiger partial charge is 0.361 e. The van der Waals surface area contributed by atoms with E-state index >= 15 is 0 Å². The summed E-state index contributed by atoms with van der Waals surface area (Å²) in [6, 6.07) is 7.50. The predicted octanol–water partition coefficient (Wildman–Crippen LogP) is 3.18. The summed E-state index contributed by atoms with van der Waals surface area (Å²) in [5.41, 5.74) is 1.35. The van der Waals surface area contributed by atoms with Gasteiger partial charge in [-0.25, -0.2) is 9.48 Å². The zero-order chi connectivity index (χ0) is 17.0. The lowest BCUT2D eigenvalue weighted by Crippen LogP contribution is -2.29. The summed E-state index contributed by atoms with van der Waals surface area (Å²) in [5.74, 6) is -0.706. The Balaban J connectivity index is 2.55. The van der Waals surface area contributed by atoms with Crippen molar-refractivity contribution in [3.05, 3.63) is 40.6 Å². The second-order valence-corrected chi connectivity index (χ2v) is 5.69. The van der Waals surface area contributed by atoms with Gasteiger partial charge in [-0.05, 0) is 32.0 Å². The third kappa shape index (κ3) is 3.79. The molecule has 0 unspecified atom stereocenters. The molecular weight excluding hydrogens is 362 g/mol. The van der Waals surface area contributed by atoms with E-state index in [0.717, 1.165) is 10.2 Å². The van der Waals surface area contributed by atoms with Crippen LogP contribution < -0.4 is 4.90 Å². The molecule has 1 aromatic heterocycles. The van der Waals surface area contributed by atoms with Crippen molar-refractivity contribution in [1.29, 1.82) is 0 Å². The minimum absolute atomic E-state index is 0.129. The summed E-state index contributed by atoms with van der Waals surface area (Å²) >= 11 is 3.41. The maximum Gasteiger partial charge on any atom is 0.361 e. The minimum Gasteiger partial charge on any atom is -0.461 e. The molecule has 0 radical (unpaired) electrons. The third-order valence-electron chi connectivity index (χ3n) is 3.22. The number of aromatic nitrogens is 2. The summed E-state index contributed by atoms with van der Waals surface area (Å²) in [6.45, 7) is 5.70. The molecule has 0 aliphatic carbocycles. The van der Waals surface area contributed by atoms with Gasteiger partial charge in [0.05, 0.1) is 24.2 Å². The number of rotatable bonds is 5. The van der Waals surface area contributed by atoms with Crippen molar-refractivity contribution >= 4 is 33.5 Å². The highest BCUT2D eigenvalue weighted by Crippen LogP contribution is 2.24. The molecule has 0 aliphatic rings. The summed E-state index contributed by atoms with van der Waals surface area (Å²) in [4.78, 5) is 25.5. The number of halogens is 1. The van der Waals surface area contributed by atoms with Gasteiger partial charge >= 0.3 is 5.97 Å². The van der Waals surface area contributed by atoms with Crippen molar-refractivity contribution in [2.75, 3.05) is 18.1 Å². The molecule has 23 heavy (non-hydrogen) atoms. The van der Waals surface area contributed by atoms with E-state index in [4.69, 9.17) is 4.74 Å². The van der Waals surface area contributed by atoms with Crippen LogP contribution in [0.3, 0.4) is 0 Å². The molecule has 0 aliphatic heterocycles. The molecule has 0 saturated carbocycles. The van der Waals surface area contributed by atoms with E-state index in [9.17, 15) is 9.59 Å². The van der Waals surface area contributed by atoms with E-state index in [1.807, 2.05) is 31.2 Å². The molecule has 0 spiro atoms. The van der Waals surface area contributed by atoms with Crippen LogP contribution in [0.4, 0.5) is 5.69 Å². The lowest BCUT2D eigenvalue weighted by molar-refractivity contribution is -0.116. The number of esters is 1. The quantitative estimate of drug-likeness (QED) is 0.748. The average molecular weight is 380 g/mol. The highest BCUT2D eigenvalue weighted by molar-refractivity contribution is 9.10. The van der Waals surface area contributed by atoms with Crippen molar-refractivity contribution in [3.63, 3.8) is 0 Å². The minimum atomic E-state index is -0.545. The molecule has 0 N–H and O–H groups in total. The fourth-order valence-electron chi connectivity index (χ4n) is 2.22. The number of benzene rings is 1. The molecule has 1 amide bonds. The topological polar surface area (TPSA) is 64.4 Å². The first-order chi connectivity index (χ1) is 11.0. The first kappa shape index (κ1) is 17.2. The van der Waals surface area contributed by atoms with Gasteiger partial charge in [-0.15, -0.1) is 0 Å². The van der Waals surface area contributed by atoms with Crippen molar-refractivity contribution in [3.8, 4) is 5.69 Å². The van der Waals surface area contributed by atoms with Crippen LogP contribution in [0, 0.1) is 0 Å². The summed E-state index contributed by atoms with van der Waals surface area (Å²) in [6.07, 6.45) is 1.67. The Morgan fingerprint density at radius 2 is 2.09 bits per heavy atom. The molecule has 2 rings (SSSR count). The molecule has 0 bridgehead atoms. The molecule has 122 valence electrons. The second-order valence-electron chi connectivity index (χ2n) is 4.77. The molecular formula is C16H18BrN3O3. The Hall–Kier alpha value is -2.15. The van der Waals surface area contributed by atoms with Crippen molar-refractivity contribution in [1.82, 2.24) is 9.78 Å². The first-order valence-corrected chi connectivity index (χ1v) is 8.08. The van der Waals surface area contributed by atoms with Crippen LogP contribution in [0.15, 0.2) is 34.9 Å². The lowest BCUT2D eigenvalue weighted by atomic mass is 10.3. The summed E-state index contributed by atoms with van der Waals surface area (Å²) in [5, 5.41) is 4.32. The lowest BCUT2D eigenvalue weighted by Gasteiger charge is -2.17. The van der Waals surface area contributed by atoms with Crippen LogP contribution in [0.2, 0.25) is 0 Å². The highest BCUT2D eigenvalue weighted by Gasteiger charge is 2.24. The monoisotopic (exact) mass is 379 g/mol. The number of carbonyl (C=O) groups is 2. The maximum atomic E-state index is 12.2. The van der Waals surface area contributed by atoms with Crippen LogP contribution in [0.1, 0.15) is 31.3 Å². The fraction of sp³-hybridized carbons (Fsp3) is 0.312. The fourth-order valence-corrected chi connectivity index (χ4v) is 2.61. The standard InChI is InChI=1S/C16H18BrN3O3/c1-4-19(11(3)21)14-10-20(13-8-6-7-12(17)9-13)18-15(14)16(22)23-5-2/h6-10H,4-5H2,1-3H3. The van der Waals surface area contributed by atoms with E-state index in [1.165, 1.54) is 11.8 Å². The van der Waals surface area contributed by atoms with Crippen molar-refractivity contribution in [2.24, 2.45) is 0 Å². The van der Waals surface area contributed by atoms with Crippen molar-refractivity contribution < 1.29 is 14.3 Å².